The number of fused-ring (bicyclic) bond motifs is 1. The van der Waals surface area contributed by atoms with E-state index >= 15 is 0 Å². The summed E-state index contributed by atoms with van der Waals surface area (Å²) in [5.41, 5.74) is 1.51. The molecule has 0 saturated carbocycles. The van der Waals surface area contributed by atoms with Crippen molar-refractivity contribution in [2.24, 2.45) is 7.05 Å². The number of rotatable bonds is 6. The van der Waals surface area contributed by atoms with Gasteiger partial charge < -0.3 is 14.6 Å². The van der Waals surface area contributed by atoms with Crippen LogP contribution in [0, 0.1) is 0 Å². The largest absolute Gasteiger partial charge is 0.467 e. The fourth-order valence-electron chi connectivity index (χ4n) is 2.37. The molecule has 1 aromatic heterocycles. The SMILES string of the molecule is COC(=O)C(CCSC)NC(=O)c1cc2ccccc2n1C. The van der Waals surface area contributed by atoms with Crippen molar-refractivity contribution in [3.8, 4) is 0 Å². The molecule has 1 amide bonds. The normalized spacial score (nSPS) is 12.1. The van der Waals surface area contributed by atoms with Crippen LogP contribution < -0.4 is 5.32 Å². The Morgan fingerprint density at radius 1 is 1.36 bits per heavy atom. The predicted molar refractivity (Wildman–Crippen MR) is 89.2 cm³/mol. The smallest absolute Gasteiger partial charge is 0.328 e. The Labute approximate surface area is 134 Å². The number of carbonyl (C=O) groups is 2. The summed E-state index contributed by atoms with van der Waals surface area (Å²) < 4.78 is 6.59. The van der Waals surface area contributed by atoms with E-state index in [4.69, 9.17) is 4.74 Å². The van der Waals surface area contributed by atoms with Gasteiger partial charge in [0, 0.05) is 18.0 Å². The first-order valence-electron chi connectivity index (χ1n) is 7.00. The highest BCUT2D eigenvalue weighted by Crippen LogP contribution is 2.18. The minimum atomic E-state index is -0.622. The lowest BCUT2D eigenvalue weighted by atomic mass is 10.2. The van der Waals surface area contributed by atoms with E-state index < -0.39 is 12.0 Å². The average Bonchev–Trinajstić information content (AvgIpc) is 2.88. The van der Waals surface area contributed by atoms with Crippen LogP contribution in [0.3, 0.4) is 0 Å². The zero-order chi connectivity index (χ0) is 16.1. The molecule has 0 aliphatic rings. The van der Waals surface area contributed by atoms with E-state index in [1.54, 1.807) is 11.8 Å². The van der Waals surface area contributed by atoms with E-state index in [0.717, 1.165) is 16.7 Å². The summed E-state index contributed by atoms with van der Waals surface area (Å²) in [6.07, 6.45) is 2.50. The number of nitrogens with zero attached hydrogens (tertiary/aromatic N) is 1. The molecule has 0 radical (unpaired) electrons. The second-order valence-corrected chi connectivity index (χ2v) is 5.96. The van der Waals surface area contributed by atoms with Gasteiger partial charge in [0.2, 0.25) is 0 Å². The van der Waals surface area contributed by atoms with Crippen LogP contribution in [0.25, 0.3) is 10.9 Å². The highest BCUT2D eigenvalue weighted by Gasteiger charge is 2.23. The molecule has 1 unspecified atom stereocenters. The summed E-state index contributed by atoms with van der Waals surface area (Å²) in [4.78, 5) is 24.3. The van der Waals surface area contributed by atoms with Gasteiger partial charge in [-0.25, -0.2) is 4.79 Å². The van der Waals surface area contributed by atoms with Crippen molar-refractivity contribution in [3.05, 3.63) is 36.0 Å². The fraction of sp³-hybridized carbons (Fsp3) is 0.375. The Hall–Kier alpha value is -1.95. The van der Waals surface area contributed by atoms with Gasteiger partial charge in [-0.3, -0.25) is 4.79 Å². The topological polar surface area (TPSA) is 60.3 Å². The maximum Gasteiger partial charge on any atom is 0.328 e. The van der Waals surface area contributed by atoms with Gasteiger partial charge in [0.05, 0.1) is 7.11 Å². The third-order valence-corrected chi connectivity index (χ3v) is 4.23. The molecular formula is C16H20N2O3S. The van der Waals surface area contributed by atoms with Crippen LogP contribution in [0.1, 0.15) is 16.9 Å². The van der Waals surface area contributed by atoms with Gasteiger partial charge in [0.25, 0.3) is 5.91 Å². The number of para-hydroxylation sites is 1. The van der Waals surface area contributed by atoms with Crippen molar-refractivity contribution in [1.82, 2.24) is 9.88 Å². The molecule has 0 aliphatic heterocycles. The molecule has 0 spiro atoms. The zero-order valence-corrected chi connectivity index (χ0v) is 13.8. The van der Waals surface area contributed by atoms with Gasteiger partial charge >= 0.3 is 5.97 Å². The molecule has 2 rings (SSSR count). The molecule has 0 saturated heterocycles. The lowest BCUT2D eigenvalue weighted by molar-refractivity contribution is -0.142. The molecule has 6 heteroatoms. The third kappa shape index (κ3) is 3.44. The van der Waals surface area contributed by atoms with E-state index in [2.05, 4.69) is 5.32 Å². The summed E-state index contributed by atoms with van der Waals surface area (Å²) in [6.45, 7) is 0. The first-order chi connectivity index (χ1) is 10.6. The van der Waals surface area contributed by atoms with Gasteiger partial charge in [0.15, 0.2) is 0 Å². The number of aromatic nitrogens is 1. The molecule has 5 nitrogen and oxygen atoms in total. The highest BCUT2D eigenvalue weighted by molar-refractivity contribution is 7.98. The van der Waals surface area contributed by atoms with Gasteiger partial charge in [0.1, 0.15) is 11.7 Å². The number of ether oxygens (including phenoxy) is 1. The number of carbonyl (C=O) groups excluding carboxylic acids is 2. The Morgan fingerprint density at radius 3 is 2.73 bits per heavy atom. The minimum Gasteiger partial charge on any atom is -0.467 e. The summed E-state index contributed by atoms with van der Waals surface area (Å²) in [5.74, 6) is 0.0891. The van der Waals surface area contributed by atoms with Crippen LogP contribution in [0.15, 0.2) is 30.3 Å². The van der Waals surface area contributed by atoms with E-state index in [1.807, 2.05) is 48.2 Å². The number of amides is 1. The molecule has 0 fully saturated rings. The first kappa shape index (κ1) is 16.4. The lowest BCUT2D eigenvalue weighted by Gasteiger charge is -2.16. The summed E-state index contributed by atoms with van der Waals surface area (Å²) >= 11 is 1.62. The van der Waals surface area contributed by atoms with Crippen LogP contribution in [0.5, 0.6) is 0 Å². The molecule has 1 N–H and O–H groups in total. The van der Waals surface area contributed by atoms with E-state index in [9.17, 15) is 9.59 Å². The van der Waals surface area contributed by atoms with E-state index in [1.165, 1.54) is 7.11 Å². The highest BCUT2D eigenvalue weighted by atomic mass is 32.2. The second kappa shape index (κ2) is 7.35. The summed E-state index contributed by atoms with van der Waals surface area (Å²) in [5, 5.41) is 3.77. The van der Waals surface area contributed by atoms with Crippen molar-refractivity contribution in [3.63, 3.8) is 0 Å². The molecule has 1 aromatic carbocycles. The third-order valence-electron chi connectivity index (χ3n) is 3.59. The van der Waals surface area contributed by atoms with Crippen LogP contribution in [0.2, 0.25) is 0 Å². The van der Waals surface area contributed by atoms with Crippen molar-refractivity contribution in [1.29, 1.82) is 0 Å². The van der Waals surface area contributed by atoms with E-state index in [-0.39, 0.29) is 5.91 Å². The standard InChI is InChI=1S/C16H20N2O3S/c1-18-13-7-5-4-6-11(13)10-14(18)15(19)17-12(8-9-22-3)16(20)21-2/h4-7,10,12H,8-9H2,1-3H3,(H,17,19). The Bertz CT molecular complexity index is 681. The number of methoxy groups -OCH3 is 1. The number of hydrogen-bond donors (Lipinski definition) is 1. The molecule has 0 bridgehead atoms. The number of thioether (sulfide) groups is 1. The first-order valence-corrected chi connectivity index (χ1v) is 8.40. The van der Waals surface area contributed by atoms with Crippen molar-refractivity contribution < 1.29 is 14.3 Å². The molecule has 1 atom stereocenters. The quantitative estimate of drug-likeness (QED) is 0.829. The predicted octanol–water partition coefficient (Wildman–Crippen LogP) is 2.20. The molecule has 2 aromatic rings. The lowest BCUT2D eigenvalue weighted by Crippen LogP contribution is -2.42. The number of nitrogens with one attached hydrogen (secondary N) is 1. The maximum absolute atomic E-state index is 12.5. The van der Waals surface area contributed by atoms with Crippen LogP contribution in [0.4, 0.5) is 0 Å². The number of hydrogen-bond acceptors (Lipinski definition) is 4. The van der Waals surface area contributed by atoms with Crippen molar-refractivity contribution >= 4 is 34.5 Å². The van der Waals surface area contributed by atoms with Gasteiger partial charge in [-0.2, -0.15) is 11.8 Å². The summed E-state index contributed by atoms with van der Waals surface area (Å²) in [7, 11) is 3.17. The van der Waals surface area contributed by atoms with Gasteiger partial charge in [-0.15, -0.1) is 0 Å². The van der Waals surface area contributed by atoms with Gasteiger partial charge in [-0.1, -0.05) is 18.2 Å². The Balaban J connectivity index is 2.21. The van der Waals surface area contributed by atoms with Gasteiger partial charge in [-0.05, 0) is 30.6 Å². The molecule has 22 heavy (non-hydrogen) atoms. The average molecular weight is 320 g/mol. The molecule has 118 valence electrons. The second-order valence-electron chi connectivity index (χ2n) is 4.98. The van der Waals surface area contributed by atoms with E-state index in [0.29, 0.717) is 12.1 Å². The van der Waals surface area contributed by atoms with Crippen molar-refractivity contribution in [2.45, 2.75) is 12.5 Å². The number of esters is 1. The molecule has 0 aliphatic carbocycles. The number of aryl methyl sites for hydroxylation is 1. The Kier molecular flexibility index (Phi) is 5.49. The Morgan fingerprint density at radius 2 is 2.09 bits per heavy atom. The van der Waals surface area contributed by atoms with Crippen LogP contribution >= 0.6 is 11.8 Å². The minimum absolute atomic E-state index is 0.268. The van der Waals surface area contributed by atoms with Crippen LogP contribution in [-0.4, -0.2) is 41.6 Å². The zero-order valence-electron chi connectivity index (χ0n) is 13.0. The maximum atomic E-state index is 12.5. The van der Waals surface area contributed by atoms with Crippen molar-refractivity contribution in [2.75, 3.05) is 19.1 Å². The molecule has 1 heterocycles. The monoisotopic (exact) mass is 320 g/mol. The number of benzene rings is 1. The summed E-state index contributed by atoms with van der Waals surface area (Å²) in [6, 6.07) is 8.98. The molecular weight excluding hydrogens is 300 g/mol. The van der Waals surface area contributed by atoms with Crippen LogP contribution in [-0.2, 0) is 16.6 Å². The fourth-order valence-corrected chi connectivity index (χ4v) is 2.84.